The van der Waals surface area contributed by atoms with Gasteiger partial charge in [-0.3, -0.25) is 0 Å². The van der Waals surface area contributed by atoms with Gasteiger partial charge in [0.1, 0.15) is 0 Å². The minimum atomic E-state index is 0.117. The monoisotopic (exact) mass is 394 g/mol. The molecular weight excluding hydrogens is 360 g/mol. The van der Waals surface area contributed by atoms with Crippen molar-refractivity contribution in [1.82, 2.24) is 0 Å². The predicted octanol–water partition coefficient (Wildman–Crippen LogP) is 5.53. The van der Waals surface area contributed by atoms with E-state index in [-0.39, 0.29) is 18.8 Å². The van der Waals surface area contributed by atoms with E-state index in [2.05, 4.69) is 61.5 Å². The van der Waals surface area contributed by atoms with Gasteiger partial charge in [-0.05, 0) is 48.6 Å². The molecule has 0 saturated heterocycles. The summed E-state index contributed by atoms with van der Waals surface area (Å²) >= 11 is 0. The van der Waals surface area contributed by atoms with E-state index in [1.54, 1.807) is 0 Å². The largest absolute Gasteiger partial charge is 0.392 e. The zero-order valence-electron chi connectivity index (χ0n) is 17.5. The van der Waals surface area contributed by atoms with Crippen molar-refractivity contribution >= 4 is 0 Å². The molecule has 0 spiro atoms. The van der Waals surface area contributed by atoms with E-state index in [4.69, 9.17) is 14.6 Å². The van der Waals surface area contributed by atoms with Crippen LogP contribution in [0.2, 0.25) is 0 Å². The average Bonchev–Trinajstić information content (AvgIpc) is 2.77. The summed E-state index contributed by atoms with van der Waals surface area (Å²) in [5.74, 6) is 1.11. The molecule has 0 aliphatic heterocycles. The number of allylic oxidation sites excluding steroid dienone is 1. The molecule has 1 fully saturated rings. The number of aliphatic hydroxyl groups is 1. The quantitative estimate of drug-likeness (QED) is 0.538. The maximum atomic E-state index is 9.01. The van der Waals surface area contributed by atoms with Crippen LogP contribution in [0.3, 0.4) is 0 Å². The molecule has 1 N–H and O–H groups in total. The fraction of sp³-hybridized carbons (Fsp3) is 0.462. The zero-order chi connectivity index (χ0) is 20.3. The molecule has 0 amide bonds. The highest BCUT2D eigenvalue weighted by Gasteiger charge is 2.32. The van der Waals surface area contributed by atoms with Crippen molar-refractivity contribution in [3.05, 3.63) is 83.9 Å². The molecule has 0 radical (unpaired) electrons. The first-order valence-electron chi connectivity index (χ1n) is 10.8. The molecule has 2 aromatic carbocycles. The van der Waals surface area contributed by atoms with Crippen LogP contribution in [0, 0.1) is 11.8 Å². The van der Waals surface area contributed by atoms with Crippen LogP contribution in [-0.2, 0) is 22.7 Å². The van der Waals surface area contributed by atoms with Crippen molar-refractivity contribution < 1.29 is 14.6 Å². The van der Waals surface area contributed by atoms with Gasteiger partial charge in [-0.25, -0.2) is 0 Å². The first-order chi connectivity index (χ1) is 14.2. The molecule has 4 atom stereocenters. The Hall–Kier alpha value is -1.94. The summed E-state index contributed by atoms with van der Waals surface area (Å²) in [6.07, 6.45) is 8.59. The second kappa shape index (κ2) is 11.9. The highest BCUT2D eigenvalue weighted by Crippen LogP contribution is 2.34. The van der Waals surface area contributed by atoms with E-state index in [0.29, 0.717) is 25.0 Å². The van der Waals surface area contributed by atoms with Crippen LogP contribution in [-0.4, -0.2) is 23.9 Å². The second-order valence-electron chi connectivity index (χ2n) is 8.17. The van der Waals surface area contributed by atoms with Crippen molar-refractivity contribution in [3.63, 3.8) is 0 Å². The van der Waals surface area contributed by atoms with Crippen LogP contribution in [0.4, 0.5) is 0 Å². The number of hydrogen-bond acceptors (Lipinski definition) is 3. The van der Waals surface area contributed by atoms with Crippen molar-refractivity contribution in [2.24, 2.45) is 11.8 Å². The first kappa shape index (κ1) is 21.8. The third-order valence-electron chi connectivity index (χ3n) is 5.73. The van der Waals surface area contributed by atoms with Crippen molar-refractivity contribution in [2.45, 2.75) is 58.0 Å². The van der Waals surface area contributed by atoms with Gasteiger partial charge < -0.3 is 14.6 Å². The lowest BCUT2D eigenvalue weighted by atomic mass is 9.80. The standard InChI is InChI=1S/C26H34O3/c1-21(9-8-16-27)17-24-14-15-25(28-19-22-10-4-2-5-11-22)26(18-24)29-20-23-12-6-3-7-13-23/h2-13,21,24-27H,14-20H2,1H3/b9-8+/t21-,24-,25+,26+/m0/s1. The SMILES string of the molecule is C[C@@H](/C=C/CO)C[C@@H]1CC[C@@H](OCc2ccccc2)[C@H](OCc2ccccc2)C1. The van der Waals surface area contributed by atoms with Gasteiger partial charge in [0.25, 0.3) is 0 Å². The molecule has 3 nitrogen and oxygen atoms in total. The maximum absolute atomic E-state index is 9.01. The van der Waals surface area contributed by atoms with Gasteiger partial charge in [0.2, 0.25) is 0 Å². The lowest BCUT2D eigenvalue weighted by Crippen LogP contribution is -2.38. The molecule has 1 aliphatic carbocycles. The molecule has 3 rings (SSSR count). The molecule has 1 saturated carbocycles. The van der Waals surface area contributed by atoms with Crippen LogP contribution in [0.5, 0.6) is 0 Å². The Bertz CT molecular complexity index is 713. The molecule has 1 aliphatic rings. The van der Waals surface area contributed by atoms with Crippen LogP contribution in [0.15, 0.2) is 72.8 Å². The predicted molar refractivity (Wildman–Crippen MR) is 117 cm³/mol. The van der Waals surface area contributed by atoms with E-state index < -0.39 is 0 Å². The fourth-order valence-electron chi connectivity index (χ4n) is 4.22. The molecule has 29 heavy (non-hydrogen) atoms. The third-order valence-corrected chi connectivity index (χ3v) is 5.73. The summed E-state index contributed by atoms with van der Waals surface area (Å²) in [5, 5.41) is 9.01. The van der Waals surface area contributed by atoms with E-state index in [9.17, 15) is 0 Å². The molecule has 2 aromatic rings. The van der Waals surface area contributed by atoms with Gasteiger partial charge in [0, 0.05) is 0 Å². The number of rotatable bonds is 10. The second-order valence-corrected chi connectivity index (χ2v) is 8.17. The van der Waals surface area contributed by atoms with Crippen LogP contribution < -0.4 is 0 Å². The molecular formula is C26H34O3. The maximum Gasteiger partial charge on any atom is 0.0844 e. The topological polar surface area (TPSA) is 38.7 Å². The Morgan fingerprint density at radius 1 is 0.897 bits per heavy atom. The number of aliphatic hydroxyl groups excluding tert-OH is 1. The molecule has 0 bridgehead atoms. The van der Waals surface area contributed by atoms with E-state index in [1.165, 1.54) is 17.5 Å². The summed E-state index contributed by atoms with van der Waals surface area (Å²) in [5.41, 5.74) is 2.41. The summed E-state index contributed by atoms with van der Waals surface area (Å²) in [6.45, 7) is 3.61. The normalized spacial score (nSPS) is 23.3. The van der Waals surface area contributed by atoms with E-state index in [0.717, 1.165) is 19.3 Å². The Morgan fingerprint density at radius 2 is 1.48 bits per heavy atom. The minimum absolute atomic E-state index is 0.117. The van der Waals surface area contributed by atoms with Crippen LogP contribution in [0.1, 0.15) is 43.7 Å². The number of ether oxygens (including phenoxy) is 2. The summed E-state index contributed by atoms with van der Waals surface area (Å²) in [6, 6.07) is 20.7. The molecule has 156 valence electrons. The van der Waals surface area contributed by atoms with Crippen LogP contribution in [0.25, 0.3) is 0 Å². The lowest BCUT2D eigenvalue weighted by Gasteiger charge is -2.36. The number of hydrogen-bond donors (Lipinski definition) is 1. The van der Waals surface area contributed by atoms with Gasteiger partial charge in [0.15, 0.2) is 0 Å². The molecule has 0 unspecified atom stereocenters. The number of benzene rings is 2. The van der Waals surface area contributed by atoms with Gasteiger partial charge in [-0.2, -0.15) is 0 Å². The Morgan fingerprint density at radius 3 is 2.07 bits per heavy atom. The Labute approximate surface area is 175 Å². The zero-order valence-corrected chi connectivity index (χ0v) is 17.5. The minimum Gasteiger partial charge on any atom is -0.392 e. The van der Waals surface area contributed by atoms with Gasteiger partial charge in [-0.1, -0.05) is 79.7 Å². The molecule has 0 aromatic heterocycles. The fourth-order valence-corrected chi connectivity index (χ4v) is 4.22. The summed E-state index contributed by atoms with van der Waals surface area (Å²) < 4.78 is 12.7. The van der Waals surface area contributed by atoms with Crippen LogP contribution >= 0.6 is 0 Å². The van der Waals surface area contributed by atoms with E-state index in [1.807, 2.05) is 18.2 Å². The van der Waals surface area contributed by atoms with Crippen molar-refractivity contribution in [3.8, 4) is 0 Å². The Balaban J connectivity index is 1.58. The van der Waals surface area contributed by atoms with Gasteiger partial charge in [0.05, 0.1) is 32.0 Å². The van der Waals surface area contributed by atoms with E-state index >= 15 is 0 Å². The lowest BCUT2D eigenvalue weighted by molar-refractivity contribution is -0.114. The van der Waals surface area contributed by atoms with Gasteiger partial charge >= 0.3 is 0 Å². The molecule has 0 heterocycles. The average molecular weight is 395 g/mol. The smallest absolute Gasteiger partial charge is 0.0844 e. The highest BCUT2D eigenvalue weighted by molar-refractivity contribution is 5.14. The summed E-state index contributed by atoms with van der Waals surface area (Å²) in [4.78, 5) is 0. The third kappa shape index (κ3) is 7.43. The Kier molecular flexibility index (Phi) is 8.94. The molecule has 3 heteroatoms. The van der Waals surface area contributed by atoms with Crippen molar-refractivity contribution in [1.29, 1.82) is 0 Å². The summed E-state index contributed by atoms with van der Waals surface area (Å²) in [7, 11) is 0. The first-order valence-corrected chi connectivity index (χ1v) is 10.8. The van der Waals surface area contributed by atoms with Crippen molar-refractivity contribution in [2.75, 3.05) is 6.61 Å². The van der Waals surface area contributed by atoms with Gasteiger partial charge in [-0.15, -0.1) is 0 Å². The highest BCUT2D eigenvalue weighted by atomic mass is 16.5.